The first kappa shape index (κ1) is 22.3. The second-order valence-corrected chi connectivity index (χ2v) is 6.70. The van der Waals surface area contributed by atoms with Crippen LogP contribution < -0.4 is 21.9 Å². The van der Waals surface area contributed by atoms with E-state index < -0.39 is 16.7 Å². The fraction of sp³-hybridized carbons (Fsp3) is 0.533. The van der Waals surface area contributed by atoms with E-state index in [1.165, 1.54) is 11.8 Å². The van der Waals surface area contributed by atoms with Gasteiger partial charge in [0.2, 0.25) is 0 Å². The van der Waals surface area contributed by atoms with Crippen molar-refractivity contribution in [3.63, 3.8) is 0 Å². The number of hydrogen-bond acceptors (Lipinski definition) is 10. The number of unbranched alkanes of at least 4 members (excludes halogenated alkanes) is 3. The highest BCUT2D eigenvalue weighted by Gasteiger charge is 2.27. The van der Waals surface area contributed by atoms with Crippen LogP contribution in [0.5, 0.6) is 0 Å². The van der Waals surface area contributed by atoms with Crippen molar-refractivity contribution in [1.82, 2.24) is 10.9 Å². The Morgan fingerprint density at radius 3 is 2.62 bits per heavy atom. The summed E-state index contributed by atoms with van der Waals surface area (Å²) in [6.07, 6.45) is 4.22. The minimum absolute atomic E-state index is 0.398. The van der Waals surface area contributed by atoms with Crippen molar-refractivity contribution in [3.05, 3.63) is 30.3 Å². The number of thioether (sulfide) groups is 1. The van der Waals surface area contributed by atoms with E-state index in [1.54, 1.807) is 5.12 Å². The first-order valence-electron chi connectivity index (χ1n) is 8.24. The number of para-hydroxylation sites is 1. The van der Waals surface area contributed by atoms with Gasteiger partial charge < -0.3 is 15.5 Å². The molecule has 1 aromatic rings. The maximum Gasteiger partial charge on any atom is 0.316 e. The Morgan fingerprint density at radius 2 is 1.96 bits per heavy atom. The Hall–Kier alpha value is -1.76. The Labute approximate surface area is 156 Å². The van der Waals surface area contributed by atoms with E-state index in [0.717, 1.165) is 31.4 Å². The quantitative estimate of drug-likeness (QED) is 0.248. The van der Waals surface area contributed by atoms with Crippen molar-refractivity contribution in [1.29, 1.82) is 0 Å². The Bertz CT molecular complexity index is 536. The molecule has 146 valence electrons. The molecule has 0 saturated heterocycles. The zero-order valence-corrected chi connectivity index (χ0v) is 15.2. The van der Waals surface area contributed by atoms with Gasteiger partial charge in [0, 0.05) is 6.54 Å². The summed E-state index contributed by atoms with van der Waals surface area (Å²) in [5.41, 5.74) is 5.65. The normalized spacial score (nSPS) is 16.9. The van der Waals surface area contributed by atoms with Crippen LogP contribution in [0.25, 0.3) is 0 Å². The van der Waals surface area contributed by atoms with Crippen molar-refractivity contribution in [2.24, 2.45) is 16.2 Å². The fourth-order valence-corrected chi connectivity index (χ4v) is 3.29. The van der Waals surface area contributed by atoms with E-state index in [0.29, 0.717) is 13.0 Å². The third kappa shape index (κ3) is 8.08. The van der Waals surface area contributed by atoms with Gasteiger partial charge in [-0.3, -0.25) is 4.79 Å². The van der Waals surface area contributed by atoms with Gasteiger partial charge in [0.1, 0.15) is 5.25 Å². The Morgan fingerprint density at radius 1 is 1.27 bits per heavy atom. The number of nitrogens with zero attached hydrogens (tertiary/aromatic N) is 3. The lowest BCUT2D eigenvalue weighted by molar-refractivity contribution is -0.136. The van der Waals surface area contributed by atoms with Crippen LogP contribution in [0.1, 0.15) is 32.1 Å². The molecule has 0 aliphatic carbocycles. The van der Waals surface area contributed by atoms with Crippen LogP contribution in [0.4, 0.5) is 5.69 Å². The number of carboxylic acids is 1. The molecule has 0 aromatic heterocycles. The van der Waals surface area contributed by atoms with Crippen molar-refractivity contribution >= 4 is 23.4 Å². The maximum absolute atomic E-state index is 11.4. The molecule has 2 unspecified atom stereocenters. The molecule has 0 bridgehead atoms. The number of hydrazine groups is 1. The molecule has 1 aromatic carbocycles. The monoisotopic (exact) mass is 386 g/mol. The second-order valence-electron chi connectivity index (χ2n) is 5.41. The Balaban J connectivity index is 0.00000163. The lowest BCUT2D eigenvalue weighted by atomic mass is 10.1. The number of aliphatic carboxylic acids is 1. The zero-order chi connectivity index (χ0) is 19.2. The van der Waals surface area contributed by atoms with Gasteiger partial charge in [-0.15, -0.1) is 16.9 Å². The molecular formula is C15H26N6O4S. The summed E-state index contributed by atoms with van der Waals surface area (Å²) in [5.74, 6) is 2.67. The minimum atomic E-state index is -0.827. The molecule has 2 rings (SSSR count). The summed E-state index contributed by atoms with van der Waals surface area (Å²) >= 11 is 1.26. The van der Waals surface area contributed by atoms with E-state index in [2.05, 4.69) is 27.1 Å². The molecule has 0 radical (unpaired) electrons. The lowest BCUT2D eigenvalue weighted by Crippen LogP contribution is -2.35. The van der Waals surface area contributed by atoms with Crippen LogP contribution in [0, 0.1) is 0 Å². The van der Waals surface area contributed by atoms with E-state index in [1.807, 2.05) is 30.3 Å². The molecule has 1 aliphatic rings. The number of benzene rings is 1. The van der Waals surface area contributed by atoms with Gasteiger partial charge in [-0.25, -0.2) is 11.4 Å². The first-order chi connectivity index (χ1) is 12.7. The smallest absolute Gasteiger partial charge is 0.316 e. The van der Waals surface area contributed by atoms with E-state index in [9.17, 15) is 9.90 Å². The van der Waals surface area contributed by atoms with Gasteiger partial charge >= 0.3 is 5.97 Å². The topological polar surface area (TPSA) is 156 Å². The molecule has 7 N–H and O–H groups in total. The number of hydroxylamine groups is 1. The number of carbonyl (C=O) groups is 1. The number of rotatable bonds is 11. The lowest BCUT2D eigenvalue weighted by Gasteiger charge is -2.17. The molecule has 0 spiro atoms. The van der Waals surface area contributed by atoms with Crippen LogP contribution in [-0.4, -0.2) is 38.8 Å². The zero-order valence-electron chi connectivity index (χ0n) is 14.4. The third-order valence-corrected chi connectivity index (χ3v) is 4.78. The van der Waals surface area contributed by atoms with E-state index >= 15 is 0 Å². The van der Waals surface area contributed by atoms with Crippen molar-refractivity contribution in [2.75, 3.05) is 11.7 Å². The molecular weight excluding hydrogens is 360 g/mol. The Kier molecular flexibility index (Phi) is 11.5. The molecule has 1 heterocycles. The van der Waals surface area contributed by atoms with Gasteiger partial charge in [-0.05, 0) is 25.0 Å². The van der Waals surface area contributed by atoms with E-state index in [-0.39, 0.29) is 0 Å². The van der Waals surface area contributed by atoms with Gasteiger partial charge in [0.25, 0.3) is 0 Å². The summed E-state index contributed by atoms with van der Waals surface area (Å²) < 4.78 is 0. The predicted octanol–water partition coefficient (Wildman–Crippen LogP) is 2.11. The molecule has 26 heavy (non-hydrogen) atoms. The van der Waals surface area contributed by atoms with Crippen molar-refractivity contribution in [3.8, 4) is 0 Å². The van der Waals surface area contributed by atoms with Gasteiger partial charge in [-0.2, -0.15) is 10.5 Å². The van der Waals surface area contributed by atoms with E-state index in [4.69, 9.17) is 10.4 Å². The molecule has 1 aliphatic heterocycles. The number of carboxylic acid groups (broad SMARTS) is 1. The van der Waals surface area contributed by atoms with Gasteiger partial charge in [0.15, 0.2) is 5.50 Å². The summed E-state index contributed by atoms with van der Waals surface area (Å²) in [4.78, 5) is 11.4. The van der Waals surface area contributed by atoms with Crippen molar-refractivity contribution < 1.29 is 20.3 Å². The maximum atomic E-state index is 11.4. The number of anilines is 1. The van der Waals surface area contributed by atoms with Crippen LogP contribution in [0.3, 0.4) is 0 Å². The highest BCUT2D eigenvalue weighted by atomic mass is 32.2. The van der Waals surface area contributed by atoms with Crippen LogP contribution in [0.2, 0.25) is 0 Å². The third-order valence-electron chi connectivity index (χ3n) is 3.55. The summed E-state index contributed by atoms with van der Waals surface area (Å²) in [6.45, 7) is 0.568. The van der Waals surface area contributed by atoms with Crippen LogP contribution >= 0.6 is 11.8 Å². The summed E-state index contributed by atoms with van der Waals surface area (Å²) in [7, 11) is 0. The van der Waals surface area contributed by atoms with Gasteiger partial charge in [0.05, 0.1) is 5.69 Å². The van der Waals surface area contributed by atoms with Crippen LogP contribution in [-0.2, 0) is 4.79 Å². The molecule has 0 amide bonds. The minimum Gasteiger partial charge on any atom is -0.480 e. The number of hydrogen-bond donors (Lipinski definition) is 6. The molecule has 10 nitrogen and oxygen atoms in total. The summed E-state index contributed by atoms with van der Waals surface area (Å²) in [5, 5.41) is 33.5. The molecule has 2 atom stereocenters. The highest BCUT2D eigenvalue weighted by Crippen LogP contribution is 2.27. The largest absolute Gasteiger partial charge is 0.480 e. The average molecular weight is 386 g/mol. The average Bonchev–Trinajstić information content (AvgIpc) is 3.14. The predicted molar refractivity (Wildman–Crippen MR) is 98.6 cm³/mol. The molecule has 0 saturated carbocycles. The van der Waals surface area contributed by atoms with Crippen LogP contribution in [0.15, 0.2) is 40.7 Å². The number of nitrogens with one attached hydrogen (secondary N) is 2. The van der Waals surface area contributed by atoms with Gasteiger partial charge in [-0.1, -0.05) is 42.7 Å². The second kappa shape index (κ2) is 13.4. The summed E-state index contributed by atoms with van der Waals surface area (Å²) in [6, 6.07) is 9.52. The number of nitrogens with two attached hydrogens (primary N) is 1. The SMILES string of the molecule is NO.O=C(O)C(CCCCCCNO)SC1N=NN(c2ccccc2)N1. The fourth-order valence-electron chi connectivity index (χ4n) is 2.30. The highest BCUT2D eigenvalue weighted by molar-refractivity contribution is 8.01. The first-order valence-corrected chi connectivity index (χ1v) is 9.18. The standard InChI is InChI=1S/C15H23N5O3S.H3NO/c21-14(22)13(10-6-1-2-7-11-16-23)24-15-17-19-20(18-15)12-8-4-3-5-9-12;1-2/h3-5,8-9,13,15-16,18,23H,1-2,6-7,10-11H2,(H,21,22);2H,1H2. The molecule has 0 fully saturated rings. The molecule has 11 heteroatoms. The van der Waals surface area contributed by atoms with Crippen molar-refractivity contribution in [2.45, 2.75) is 42.9 Å².